The Hall–Kier alpha value is -1.10. The van der Waals surface area contributed by atoms with Gasteiger partial charge in [-0.3, -0.25) is 9.59 Å². The van der Waals surface area contributed by atoms with E-state index in [0.29, 0.717) is 41.9 Å². The SMILES string of the molecule is CC[C@H]1[C@@H](O)C2C3CC[C@H]([C@H](C)CCC(=O)OC)[C@@]3(C)CCC2[C@@]2(C)CC[C@@H](OC(C)=O)C[C@@H]12. The van der Waals surface area contributed by atoms with Crippen molar-refractivity contribution >= 4 is 11.9 Å². The molecule has 0 bridgehead atoms. The van der Waals surface area contributed by atoms with Crippen LogP contribution in [0.4, 0.5) is 0 Å². The van der Waals surface area contributed by atoms with Crippen LogP contribution in [0, 0.1) is 52.3 Å². The van der Waals surface area contributed by atoms with Crippen molar-refractivity contribution in [1.82, 2.24) is 0 Å². The van der Waals surface area contributed by atoms with E-state index in [1.807, 2.05) is 0 Å². The first-order valence-corrected chi connectivity index (χ1v) is 14.0. The second-order valence-electron chi connectivity index (χ2n) is 12.8. The molecule has 4 rings (SSSR count). The number of esters is 2. The third kappa shape index (κ3) is 4.22. The van der Waals surface area contributed by atoms with Crippen LogP contribution >= 0.6 is 0 Å². The summed E-state index contributed by atoms with van der Waals surface area (Å²) in [5.41, 5.74) is 0.464. The molecule has 1 N–H and O–H groups in total. The number of methoxy groups -OCH3 is 1. The second kappa shape index (κ2) is 9.75. The molecule has 0 spiro atoms. The van der Waals surface area contributed by atoms with Crippen LogP contribution in [0.1, 0.15) is 98.8 Å². The molecule has 34 heavy (non-hydrogen) atoms. The minimum atomic E-state index is -0.266. The van der Waals surface area contributed by atoms with Crippen LogP contribution < -0.4 is 0 Å². The molecule has 4 aliphatic carbocycles. The van der Waals surface area contributed by atoms with Gasteiger partial charge in [0.2, 0.25) is 0 Å². The molecule has 0 aromatic heterocycles. The maximum Gasteiger partial charge on any atom is 0.305 e. The quantitative estimate of drug-likeness (QED) is 0.493. The van der Waals surface area contributed by atoms with Gasteiger partial charge < -0.3 is 14.6 Å². The van der Waals surface area contributed by atoms with Crippen LogP contribution in [-0.2, 0) is 19.1 Å². The number of rotatable bonds is 6. The van der Waals surface area contributed by atoms with Gasteiger partial charge in [-0.1, -0.05) is 34.1 Å². The van der Waals surface area contributed by atoms with Gasteiger partial charge in [-0.05, 0) is 104 Å². The van der Waals surface area contributed by atoms with Crippen LogP contribution in [-0.4, -0.2) is 36.4 Å². The highest BCUT2D eigenvalue weighted by atomic mass is 16.5. The Kier molecular flexibility index (Phi) is 7.45. The predicted octanol–water partition coefficient (Wildman–Crippen LogP) is 5.77. The zero-order valence-corrected chi connectivity index (χ0v) is 22.3. The van der Waals surface area contributed by atoms with Gasteiger partial charge in [0.25, 0.3) is 0 Å². The van der Waals surface area contributed by atoms with Crippen LogP contribution in [0.3, 0.4) is 0 Å². The minimum Gasteiger partial charge on any atom is -0.469 e. The van der Waals surface area contributed by atoms with E-state index < -0.39 is 0 Å². The molecule has 0 aliphatic heterocycles. The molecular weight excluding hydrogens is 428 g/mol. The molecular formula is C29H48O5. The summed E-state index contributed by atoms with van der Waals surface area (Å²) >= 11 is 0. The number of ether oxygens (including phenoxy) is 2. The summed E-state index contributed by atoms with van der Waals surface area (Å²) in [5, 5.41) is 11.9. The maximum atomic E-state index is 11.9. The number of hydrogen-bond acceptors (Lipinski definition) is 5. The average Bonchev–Trinajstić information content (AvgIpc) is 3.15. The summed E-state index contributed by atoms with van der Waals surface area (Å²) in [5.74, 6) is 3.01. The molecule has 5 heteroatoms. The van der Waals surface area contributed by atoms with E-state index >= 15 is 0 Å². The summed E-state index contributed by atoms with van der Waals surface area (Å²) in [6.45, 7) is 11.1. The van der Waals surface area contributed by atoms with E-state index in [1.54, 1.807) is 0 Å². The van der Waals surface area contributed by atoms with E-state index in [0.717, 1.165) is 32.1 Å². The van der Waals surface area contributed by atoms with E-state index in [-0.39, 0.29) is 40.9 Å². The Morgan fingerprint density at radius 3 is 2.35 bits per heavy atom. The summed E-state index contributed by atoms with van der Waals surface area (Å²) in [4.78, 5) is 23.4. The van der Waals surface area contributed by atoms with Gasteiger partial charge >= 0.3 is 11.9 Å². The number of carbonyl (C=O) groups excluding carboxylic acids is 2. The number of aliphatic hydroxyl groups excluding tert-OH is 1. The average molecular weight is 477 g/mol. The zero-order valence-electron chi connectivity index (χ0n) is 22.3. The van der Waals surface area contributed by atoms with Gasteiger partial charge in [0, 0.05) is 13.3 Å². The fourth-order valence-electron chi connectivity index (χ4n) is 9.91. The molecule has 4 aliphatic rings. The van der Waals surface area contributed by atoms with Crippen molar-refractivity contribution in [2.45, 2.75) is 111 Å². The summed E-state index contributed by atoms with van der Waals surface area (Å²) < 4.78 is 10.6. The third-order valence-electron chi connectivity index (χ3n) is 11.5. The van der Waals surface area contributed by atoms with Gasteiger partial charge in [-0.15, -0.1) is 0 Å². The van der Waals surface area contributed by atoms with Crippen molar-refractivity contribution in [1.29, 1.82) is 0 Å². The Balaban J connectivity index is 1.56. The van der Waals surface area contributed by atoms with E-state index in [4.69, 9.17) is 9.47 Å². The second-order valence-corrected chi connectivity index (χ2v) is 12.8. The normalized spacial score (nSPS) is 46.6. The molecule has 3 unspecified atom stereocenters. The van der Waals surface area contributed by atoms with Gasteiger partial charge in [0.1, 0.15) is 6.10 Å². The molecule has 0 saturated heterocycles. The summed E-state index contributed by atoms with van der Waals surface area (Å²) in [6, 6.07) is 0. The van der Waals surface area contributed by atoms with E-state index in [1.165, 1.54) is 39.7 Å². The summed E-state index contributed by atoms with van der Waals surface area (Å²) in [6.07, 6.45) is 9.92. The van der Waals surface area contributed by atoms with Crippen molar-refractivity contribution in [3.63, 3.8) is 0 Å². The fraction of sp³-hybridized carbons (Fsp3) is 0.931. The highest BCUT2D eigenvalue weighted by molar-refractivity contribution is 5.69. The lowest BCUT2D eigenvalue weighted by Crippen LogP contribution is -2.62. The fourth-order valence-corrected chi connectivity index (χ4v) is 9.91. The molecule has 0 radical (unpaired) electrons. The van der Waals surface area contributed by atoms with Gasteiger partial charge in [0.05, 0.1) is 13.2 Å². The number of hydrogen-bond donors (Lipinski definition) is 1. The molecule has 4 saturated carbocycles. The molecule has 0 aromatic carbocycles. The molecule has 11 atom stereocenters. The van der Waals surface area contributed by atoms with E-state index in [9.17, 15) is 14.7 Å². The predicted molar refractivity (Wildman–Crippen MR) is 132 cm³/mol. The lowest BCUT2D eigenvalue weighted by atomic mass is 9.41. The molecule has 0 heterocycles. The van der Waals surface area contributed by atoms with Gasteiger partial charge in [-0.25, -0.2) is 0 Å². The molecule has 4 fully saturated rings. The molecule has 0 aromatic rings. The highest BCUT2D eigenvalue weighted by Gasteiger charge is 2.65. The molecule has 194 valence electrons. The van der Waals surface area contributed by atoms with Crippen molar-refractivity contribution in [2.75, 3.05) is 7.11 Å². The minimum absolute atomic E-state index is 0.00810. The Bertz CT molecular complexity index is 766. The first-order chi connectivity index (χ1) is 16.1. The topological polar surface area (TPSA) is 72.8 Å². The Morgan fingerprint density at radius 2 is 1.71 bits per heavy atom. The Morgan fingerprint density at radius 1 is 1.03 bits per heavy atom. The first-order valence-electron chi connectivity index (χ1n) is 14.0. The maximum absolute atomic E-state index is 11.9. The zero-order chi connectivity index (χ0) is 24.8. The number of carbonyl (C=O) groups is 2. The van der Waals surface area contributed by atoms with Crippen LogP contribution in [0.25, 0.3) is 0 Å². The van der Waals surface area contributed by atoms with Crippen molar-refractivity contribution in [3.05, 3.63) is 0 Å². The highest BCUT2D eigenvalue weighted by Crippen LogP contribution is 2.69. The monoisotopic (exact) mass is 476 g/mol. The van der Waals surface area contributed by atoms with Crippen LogP contribution in [0.5, 0.6) is 0 Å². The van der Waals surface area contributed by atoms with Crippen molar-refractivity contribution in [3.8, 4) is 0 Å². The van der Waals surface area contributed by atoms with Crippen molar-refractivity contribution < 1.29 is 24.2 Å². The standard InChI is InChI=1S/C29H48O5/c1-7-20-24-16-19(34-18(3)30)12-14-29(24,5)23-13-15-28(4)21(17(2)8-11-25(31)33-6)9-10-22(28)26(23)27(20)32/h17,19-24,26-27,32H,7-16H2,1-6H3/t17-,19-,20-,21-,22?,23?,24+,26?,27-,28-,29-/m1/s1. The van der Waals surface area contributed by atoms with Crippen molar-refractivity contribution in [2.24, 2.45) is 52.3 Å². The van der Waals surface area contributed by atoms with Crippen LogP contribution in [0.2, 0.25) is 0 Å². The lowest BCUT2D eigenvalue weighted by Gasteiger charge is -2.64. The van der Waals surface area contributed by atoms with Gasteiger partial charge in [-0.2, -0.15) is 0 Å². The number of fused-ring (bicyclic) bond motifs is 5. The Labute approximate surface area is 206 Å². The molecule has 5 nitrogen and oxygen atoms in total. The van der Waals surface area contributed by atoms with Crippen LogP contribution in [0.15, 0.2) is 0 Å². The number of aliphatic hydroxyl groups is 1. The first kappa shape index (κ1) is 26.0. The third-order valence-corrected chi connectivity index (χ3v) is 11.5. The lowest BCUT2D eigenvalue weighted by molar-refractivity contribution is -0.207. The smallest absolute Gasteiger partial charge is 0.305 e. The van der Waals surface area contributed by atoms with Gasteiger partial charge in [0.15, 0.2) is 0 Å². The summed E-state index contributed by atoms with van der Waals surface area (Å²) in [7, 11) is 1.48. The molecule has 0 amide bonds. The van der Waals surface area contributed by atoms with E-state index in [2.05, 4.69) is 27.7 Å². The largest absolute Gasteiger partial charge is 0.469 e.